The normalized spacial score (nSPS) is 14.0. The van der Waals surface area contributed by atoms with Crippen LogP contribution < -0.4 is 0 Å². The minimum atomic E-state index is 0.200. The molecule has 8 aromatic carbocycles. The standard InChI is InChI=1S/C53H35N3O/c1-3-15-33(16-4-1)37-30-29-34-17-7-8-20-36(34)39-31-32-40-38-21-10-12-26-45(38)56(51(40)49(37)39)46-27-13-23-42-48-43(24-14-28-47(48)57-52(42)46)53-54-44-25-11-9-22-41(44)50(55-53)35-18-5-2-6-19-35/h1-28,31-32,37H,29-30H2. The van der Waals surface area contributed by atoms with Crippen LogP contribution in [0.25, 0.3) is 94.1 Å². The molecule has 0 saturated carbocycles. The number of furan rings is 1. The predicted molar refractivity (Wildman–Crippen MR) is 234 cm³/mol. The minimum absolute atomic E-state index is 0.200. The number of aromatic nitrogens is 3. The molecule has 1 atom stereocenters. The summed E-state index contributed by atoms with van der Waals surface area (Å²) in [6.45, 7) is 0. The molecule has 0 fully saturated rings. The van der Waals surface area contributed by atoms with Crippen molar-refractivity contribution in [3.05, 3.63) is 199 Å². The molecule has 12 rings (SSSR count). The van der Waals surface area contributed by atoms with Gasteiger partial charge in [-0.1, -0.05) is 158 Å². The van der Waals surface area contributed by atoms with Crippen molar-refractivity contribution in [2.24, 2.45) is 0 Å². The molecule has 0 bridgehead atoms. The lowest BCUT2D eigenvalue weighted by Crippen LogP contribution is -2.06. The van der Waals surface area contributed by atoms with Crippen LogP contribution in [0.3, 0.4) is 0 Å². The Morgan fingerprint density at radius 1 is 0.526 bits per heavy atom. The van der Waals surface area contributed by atoms with Crippen molar-refractivity contribution in [1.29, 1.82) is 0 Å². The first-order valence-electron chi connectivity index (χ1n) is 19.8. The summed E-state index contributed by atoms with van der Waals surface area (Å²) in [6.07, 6.45) is 2.03. The maximum atomic E-state index is 7.03. The van der Waals surface area contributed by atoms with Gasteiger partial charge >= 0.3 is 0 Å². The van der Waals surface area contributed by atoms with Gasteiger partial charge in [0.2, 0.25) is 0 Å². The van der Waals surface area contributed by atoms with Crippen LogP contribution in [0.5, 0.6) is 0 Å². The Morgan fingerprint density at radius 2 is 1.25 bits per heavy atom. The number of nitrogens with zero attached hydrogens (tertiary/aromatic N) is 3. The monoisotopic (exact) mass is 729 g/mol. The van der Waals surface area contributed by atoms with Crippen LogP contribution in [0.2, 0.25) is 0 Å². The third-order valence-corrected chi connectivity index (χ3v) is 12.1. The summed E-state index contributed by atoms with van der Waals surface area (Å²) < 4.78 is 9.51. The zero-order chi connectivity index (χ0) is 37.5. The lowest BCUT2D eigenvalue weighted by molar-refractivity contribution is 0.666. The van der Waals surface area contributed by atoms with E-state index in [1.54, 1.807) is 0 Å². The van der Waals surface area contributed by atoms with Crippen molar-refractivity contribution >= 4 is 54.6 Å². The molecule has 0 aliphatic heterocycles. The number of hydrogen-bond donors (Lipinski definition) is 0. The van der Waals surface area contributed by atoms with Crippen LogP contribution in [-0.4, -0.2) is 14.5 Å². The second-order valence-corrected chi connectivity index (χ2v) is 15.1. The van der Waals surface area contributed by atoms with Gasteiger partial charge in [-0.15, -0.1) is 0 Å². The van der Waals surface area contributed by atoms with E-state index >= 15 is 0 Å². The van der Waals surface area contributed by atoms with Gasteiger partial charge in [-0.3, -0.25) is 0 Å². The quantitative estimate of drug-likeness (QED) is 0.181. The molecule has 0 spiro atoms. The molecule has 3 aromatic heterocycles. The van der Waals surface area contributed by atoms with Crippen LogP contribution in [0.15, 0.2) is 186 Å². The highest BCUT2D eigenvalue weighted by Gasteiger charge is 2.30. The van der Waals surface area contributed by atoms with Gasteiger partial charge in [-0.05, 0) is 64.9 Å². The highest BCUT2D eigenvalue weighted by atomic mass is 16.3. The smallest absolute Gasteiger partial charge is 0.161 e. The number of benzene rings is 8. The summed E-state index contributed by atoms with van der Waals surface area (Å²) in [6, 6.07) is 65.1. The third-order valence-electron chi connectivity index (χ3n) is 12.1. The first kappa shape index (κ1) is 32.0. The van der Waals surface area contributed by atoms with Crippen LogP contribution in [0, 0.1) is 0 Å². The molecule has 1 aliphatic rings. The van der Waals surface area contributed by atoms with Crippen molar-refractivity contribution in [2.45, 2.75) is 18.8 Å². The van der Waals surface area contributed by atoms with E-state index in [0.717, 1.165) is 73.7 Å². The van der Waals surface area contributed by atoms with E-state index in [2.05, 4.69) is 174 Å². The van der Waals surface area contributed by atoms with E-state index in [0.29, 0.717) is 5.82 Å². The van der Waals surface area contributed by atoms with Gasteiger partial charge in [0.15, 0.2) is 11.4 Å². The minimum Gasteiger partial charge on any atom is -0.454 e. The average Bonchev–Trinajstić information content (AvgIpc) is 3.77. The second-order valence-electron chi connectivity index (χ2n) is 15.1. The van der Waals surface area contributed by atoms with Crippen LogP contribution in [-0.2, 0) is 6.42 Å². The maximum absolute atomic E-state index is 7.03. The summed E-state index contributed by atoms with van der Waals surface area (Å²) in [5.74, 6) is 0.878. The van der Waals surface area contributed by atoms with E-state index in [9.17, 15) is 0 Å². The topological polar surface area (TPSA) is 43.9 Å². The zero-order valence-corrected chi connectivity index (χ0v) is 31.1. The fraction of sp³-hybridized carbons (Fsp3) is 0.0566. The predicted octanol–water partition coefficient (Wildman–Crippen LogP) is 13.7. The lowest BCUT2D eigenvalue weighted by Gasteiger charge is -2.22. The van der Waals surface area contributed by atoms with Gasteiger partial charge in [0.05, 0.1) is 27.9 Å². The van der Waals surface area contributed by atoms with E-state index in [4.69, 9.17) is 14.4 Å². The van der Waals surface area contributed by atoms with Crippen LogP contribution in [0.1, 0.15) is 29.0 Å². The Balaban J connectivity index is 1.16. The largest absolute Gasteiger partial charge is 0.454 e. The highest BCUT2D eigenvalue weighted by Crippen LogP contribution is 2.49. The van der Waals surface area contributed by atoms with Gasteiger partial charge in [0.25, 0.3) is 0 Å². The summed E-state index contributed by atoms with van der Waals surface area (Å²) in [4.78, 5) is 10.5. The Labute approximate surface area is 329 Å². The molecular formula is C53H35N3O. The van der Waals surface area contributed by atoms with Gasteiger partial charge in [0, 0.05) is 44.0 Å². The SMILES string of the molecule is c1ccc(-c2nc(-c3cccc4oc5c(-n6c7ccccc7c7ccc8c(c76)C(c6ccccc6)CCc6ccccc6-8)cccc5c34)nc3ccccc23)cc1. The average molecular weight is 730 g/mol. The van der Waals surface area contributed by atoms with E-state index in [1.807, 2.05) is 12.1 Å². The Morgan fingerprint density at radius 3 is 2.14 bits per heavy atom. The molecule has 57 heavy (non-hydrogen) atoms. The van der Waals surface area contributed by atoms with E-state index in [-0.39, 0.29) is 5.92 Å². The number of para-hydroxylation sites is 3. The second kappa shape index (κ2) is 12.6. The zero-order valence-electron chi connectivity index (χ0n) is 31.1. The van der Waals surface area contributed by atoms with Crippen molar-refractivity contribution in [2.75, 3.05) is 0 Å². The molecule has 1 unspecified atom stereocenters. The lowest BCUT2D eigenvalue weighted by atomic mass is 9.84. The Bertz CT molecular complexity index is 3360. The molecule has 4 nitrogen and oxygen atoms in total. The summed E-state index contributed by atoms with van der Waals surface area (Å²) in [5, 5.41) is 5.55. The number of hydrogen-bond acceptors (Lipinski definition) is 3. The fourth-order valence-corrected chi connectivity index (χ4v) is 9.59. The summed E-state index contributed by atoms with van der Waals surface area (Å²) in [7, 11) is 0. The first-order chi connectivity index (χ1) is 28.3. The molecule has 0 saturated heterocycles. The van der Waals surface area contributed by atoms with Crippen LogP contribution in [0.4, 0.5) is 0 Å². The summed E-state index contributed by atoms with van der Waals surface area (Å²) in [5.41, 5.74) is 15.6. The van der Waals surface area contributed by atoms with Crippen molar-refractivity contribution in [3.8, 4) is 39.5 Å². The molecule has 0 N–H and O–H groups in total. The van der Waals surface area contributed by atoms with Crippen molar-refractivity contribution in [1.82, 2.24) is 14.5 Å². The maximum Gasteiger partial charge on any atom is 0.161 e. The summed E-state index contributed by atoms with van der Waals surface area (Å²) >= 11 is 0. The van der Waals surface area contributed by atoms with E-state index in [1.165, 1.54) is 44.1 Å². The number of fused-ring (bicyclic) bond motifs is 11. The molecule has 1 aliphatic carbocycles. The molecule has 268 valence electrons. The number of aryl methyl sites for hydroxylation is 1. The van der Waals surface area contributed by atoms with Gasteiger partial charge < -0.3 is 8.98 Å². The fourth-order valence-electron chi connectivity index (χ4n) is 9.59. The first-order valence-corrected chi connectivity index (χ1v) is 19.8. The molecule has 11 aromatic rings. The highest BCUT2D eigenvalue weighted by molar-refractivity contribution is 6.17. The Hall–Kier alpha value is -7.30. The van der Waals surface area contributed by atoms with Gasteiger partial charge in [0.1, 0.15) is 5.58 Å². The third kappa shape index (κ3) is 4.87. The van der Waals surface area contributed by atoms with E-state index < -0.39 is 0 Å². The molecule has 3 heterocycles. The number of rotatable bonds is 4. The molecule has 0 amide bonds. The van der Waals surface area contributed by atoms with Crippen molar-refractivity contribution in [3.63, 3.8) is 0 Å². The molecule has 0 radical (unpaired) electrons. The van der Waals surface area contributed by atoms with Crippen molar-refractivity contribution < 1.29 is 4.42 Å². The molecule has 4 heteroatoms. The van der Waals surface area contributed by atoms with Gasteiger partial charge in [-0.2, -0.15) is 0 Å². The molecular weight excluding hydrogens is 695 g/mol. The van der Waals surface area contributed by atoms with Crippen LogP contribution >= 0.6 is 0 Å². The van der Waals surface area contributed by atoms with Gasteiger partial charge in [-0.25, -0.2) is 9.97 Å². The Kier molecular flexibility index (Phi) is 7.08.